The van der Waals surface area contributed by atoms with Crippen LogP contribution in [0.3, 0.4) is 0 Å². The third-order valence-electron chi connectivity index (χ3n) is 2.97. The van der Waals surface area contributed by atoms with Crippen molar-refractivity contribution in [2.24, 2.45) is 5.73 Å². The molecule has 3 nitrogen and oxygen atoms in total. The molecule has 0 aromatic heterocycles. The Balaban J connectivity index is 0.00000162. The molecule has 0 spiro atoms. The van der Waals surface area contributed by atoms with Crippen molar-refractivity contribution in [3.05, 3.63) is 33.8 Å². The zero-order valence-electron chi connectivity index (χ0n) is 9.73. The van der Waals surface area contributed by atoms with Gasteiger partial charge in [-0.2, -0.15) is 0 Å². The van der Waals surface area contributed by atoms with E-state index in [0.717, 1.165) is 13.0 Å². The first-order chi connectivity index (χ1) is 8.08. The van der Waals surface area contributed by atoms with E-state index in [-0.39, 0.29) is 30.8 Å². The Labute approximate surface area is 123 Å². The van der Waals surface area contributed by atoms with Gasteiger partial charge in [0.1, 0.15) is 0 Å². The highest BCUT2D eigenvalue weighted by Gasteiger charge is 2.24. The fourth-order valence-electron chi connectivity index (χ4n) is 1.98. The van der Waals surface area contributed by atoms with Crippen molar-refractivity contribution in [1.82, 2.24) is 4.90 Å². The van der Waals surface area contributed by atoms with Crippen molar-refractivity contribution >= 4 is 41.5 Å². The Hall–Kier alpha value is -0.480. The van der Waals surface area contributed by atoms with Gasteiger partial charge in [0.25, 0.3) is 0 Å². The number of benzene rings is 1. The summed E-state index contributed by atoms with van der Waals surface area (Å²) in [6.45, 7) is 1.35. The van der Waals surface area contributed by atoms with Gasteiger partial charge in [0.05, 0.1) is 6.42 Å². The molecule has 0 saturated carbocycles. The molecule has 1 aromatic rings. The molecule has 1 heterocycles. The Morgan fingerprint density at radius 1 is 1.39 bits per heavy atom. The zero-order chi connectivity index (χ0) is 12.4. The summed E-state index contributed by atoms with van der Waals surface area (Å²) in [7, 11) is 0. The van der Waals surface area contributed by atoms with Gasteiger partial charge in [-0.1, -0.05) is 29.3 Å². The number of nitrogens with two attached hydrogens (primary N) is 1. The predicted octanol–water partition coefficient (Wildman–Crippen LogP) is 2.52. The standard InChI is InChI=1S/C12H14Cl2N2O.ClH/c13-10-2-1-3-11(14)9(10)6-12(17)16-5-4-8(15)7-16;/h1-3,8H,4-7,15H2;1H. The monoisotopic (exact) mass is 308 g/mol. The number of halogens is 3. The molecular formula is C12H15Cl3N2O. The van der Waals surface area contributed by atoms with Crippen molar-refractivity contribution < 1.29 is 4.79 Å². The van der Waals surface area contributed by atoms with Crippen LogP contribution < -0.4 is 5.73 Å². The molecule has 1 unspecified atom stereocenters. The van der Waals surface area contributed by atoms with E-state index in [0.29, 0.717) is 22.2 Å². The van der Waals surface area contributed by atoms with Crippen LogP contribution in [0.25, 0.3) is 0 Å². The van der Waals surface area contributed by atoms with Crippen molar-refractivity contribution in [3.8, 4) is 0 Å². The van der Waals surface area contributed by atoms with Crippen LogP contribution in [0.5, 0.6) is 0 Å². The molecule has 2 N–H and O–H groups in total. The van der Waals surface area contributed by atoms with Gasteiger partial charge in [-0.15, -0.1) is 12.4 Å². The number of carbonyl (C=O) groups excluding carboxylic acids is 1. The summed E-state index contributed by atoms with van der Waals surface area (Å²) in [5.41, 5.74) is 6.47. The van der Waals surface area contributed by atoms with Crippen LogP contribution >= 0.6 is 35.6 Å². The third kappa shape index (κ3) is 3.51. The zero-order valence-corrected chi connectivity index (χ0v) is 12.1. The van der Waals surface area contributed by atoms with E-state index in [2.05, 4.69) is 0 Å². The van der Waals surface area contributed by atoms with Gasteiger partial charge in [-0.3, -0.25) is 4.79 Å². The number of amides is 1. The SMILES string of the molecule is Cl.NC1CCN(C(=O)Cc2c(Cl)cccc2Cl)C1. The summed E-state index contributed by atoms with van der Waals surface area (Å²) in [6, 6.07) is 5.35. The van der Waals surface area contributed by atoms with Crippen LogP contribution in [-0.2, 0) is 11.2 Å². The van der Waals surface area contributed by atoms with E-state index >= 15 is 0 Å². The van der Waals surface area contributed by atoms with Gasteiger partial charge in [-0.25, -0.2) is 0 Å². The minimum absolute atomic E-state index is 0. The van der Waals surface area contributed by atoms with Crippen molar-refractivity contribution in [3.63, 3.8) is 0 Å². The summed E-state index contributed by atoms with van der Waals surface area (Å²) >= 11 is 12.1. The summed E-state index contributed by atoms with van der Waals surface area (Å²) < 4.78 is 0. The quantitative estimate of drug-likeness (QED) is 0.912. The first kappa shape index (κ1) is 15.6. The second-order valence-corrected chi connectivity index (χ2v) is 5.08. The van der Waals surface area contributed by atoms with Crippen LogP contribution in [0.2, 0.25) is 10.0 Å². The van der Waals surface area contributed by atoms with Gasteiger partial charge < -0.3 is 10.6 Å². The van der Waals surface area contributed by atoms with Crippen molar-refractivity contribution in [1.29, 1.82) is 0 Å². The van der Waals surface area contributed by atoms with Crippen LogP contribution in [-0.4, -0.2) is 29.9 Å². The topological polar surface area (TPSA) is 46.3 Å². The van der Waals surface area contributed by atoms with E-state index in [9.17, 15) is 4.79 Å². The maximum absolute atomic E-state index is 12.0. The summed E-state index contributed by atoms with van der Waals surface area (Å²) in [5, 5.41) is 1.07. The lowest BCUT2D eigenvalue weighted by atomic mass is 10.1. The smallest absolute Gasteiger partial charge is 0.227 e. The number of hydrogen-bond donors (Lipinski definition) is 1. The Morgan fingerprint density at radius 2 is 2.00 bits per heavy atom. The van der Waals surface area contributed by atoms with Gasteiger partial charge >= 0.3 is 0 Å². The van der Waals surface area contributed by atoms with Gasteiger partial charge in [0, 0.05) is 29.2 Å². The molecule has 0 bridgehead atoms. The predicted molar refractivity (Wildman–Crippen MR) is 76.6 cm³/mol. The second kappa shape index (κ2) is 6.62. The molecule has 1 aliphatic heterocycles. The van der Waals surface area contributed by atoms with E-state index in [1.807, 2.05) is 0 Å². The van der Waals surface area contributed by atoms with E-state index in [4.69, 9.17) is 28.9 Å². The number of carbonyl (C=O) groups is 1. The average Bonchev–Trinajstić information content (AvgIpc) is 2.70. The molecule has 100 valence electrons. The highest BCUT2D eigenvalue weighted by Crippen LogP contribution is 2.25. The van der Waals surface area contributed by atoms with Gasteiger partial charge in [0.2, 0.25) is 5.91 Å². The second-order valence-electron chi connectivity index (χ2n) is 4.27. The molecular weight excluding hydrogens is 295 g/mol. The number of rotatable bonds is 2. The number of nitrogens with zero attached hydrogens (tertiary/aromatic N) is 1. The van der Waals surface area contributed by atoms with Gasteiger partial charge in [-0.05, 0) is 24.1 Å². The molecule has 1 amide bonds. The normalized spacial score (nSPS) is 18.6. The van der Waals surface area contributed by atoms with Gasteiger partial charge in [0.15, 0.2) is 0 Å². The fourth-order valence-corrected chi connectivity index (χ4v) is 2.51. The third-order valence-corrected chi connectivity index (χ3v) is 3.68. The van der Waals surface area contributed by atoms with E-state index in [1.54, 1.807) is 23.1 Å². The molecule has 1 fully saturated rings. The molecule has 0 aliphatic carbocycles. The number of hydrogen-bond acceptors (Lipinski definition) is 2. The fraction of sp³-hybridized carbons (Fsp3) is 0.417. The van der Waals surface area contributed by atoms with E-state index in [1.165, 1.54) is 0 Å². The largest absolute Gasteiger partial charge is 0.341 e. The van der Waals surface area contributed by atoms with Crippen molar-refractivity contribution in [2.45, 2.75) is 18.9 Å². The molecule has 0 radical (unpaired) electrons. The maximum atomic E-state index is 12.0. The lowest BCUT2D eigenvalue weighted by molar-refractivity contribution is -0.129. The highest BCUT2D eigenvalue weighted by molar-refractivity contribution is 6.36. The van der Waals surface area contributed by atoms with Crippen LogP contribution in [0.15, 0.2) is 18.2 Å². The minimum Gasteiger partial charge on any atom is -0.341 e. The lowest BCUT2D eigenvalue weighted by Crippen LogP contribution is -2.33. The summed E-state index contributed by atoms with van der Waals surface area (Å²) in [6.07, 6.45) is 1.10. The molecule has 6 heteroatoms. The Bertz CT molecular complexity index is 419. The van der Waals surface area contributed by atoms with Crippen LogP contribution in [0, 0.1) is 0 Å². The minimum atomic E-state index is 0. The molecule has 1 saturated heterocycles. The maximum Gasteiger partial charge on any atom is 0.227 e. The van der Waals surface area contributed by atoms with Crippen molar-refractivity contribution in [2.75, 3.05) is 13.1 Å². The first-order valence-electron chi connectivity index (χ1n) is 5.54. The lowest BCUT2D eigenvalue weighted by Gasteiger charge is -2.16. The molecule has 1 aromatic carbocycles. The molecule has 18 heavy (non-hydrogen) atoms. The summed E-state index contributed by atoms with van der Waals surface area (Å²) in [5.74, 6) is 0.0351. The Morgan fingerprint density at radius 3 is 2.50 bits per heavy atom. The summed E-state index contributed by atoms with van der Waals surface area (Å²) in [4.78, 5) is 13.8. The first-order valence-corrected chi connectivity index (χ1v) is 6.30. The van der Waals surface area contributed by atoms with Crippen LogP contribution in [0.1, 0.15) is 12.0 Å². The number of likely N-dealkylation sites (tertiary alicyclic amines) is 1. The molecule has 1 aliphatic rings. The van der Waals surface area contributed by atoms with Crippen LogP contribution in [0.4, 0.5) is 0 Å². The molecule has 1 atom stereocenters. The Kier molecular flexibility index (Phi) is 5.73. The van der Waals surface area contributed by atoms with E-state index < -0.39 is 0 Å². The molecule has 2 rings (SSSR count). The highest BCUT2D eigenvalue weighted by atomic mass is 35.5. The average molecular weight is 310 g/mol.